The van der Waals surface area contributed by atoms with Gasteiger partial charge in [0.25, 0.3) is 6.47 Å². The highest BCUT2D eigenvalue weighted by Gasteiger charge is 2.13. The lowest BCUT2D eigenvalue weighted by Crippen LogP contribution is -2.11. The van der Waals surface area contributed by atoms with E-state index < -0.39 is 0 Å². The summed E-state index contributed by atoms with van der Waals surface area (Å²) in [6.45, 7) is 21.1. The topological polar surface area (TPSA) is 77.5 Å². The Labute approximate surface area is 291 Å². The summed E-state index contributed by atoms with van der Waals surface area (Å²) in [4.78, 5) is 22.7. The average Bonchev–Trinajstić information content (AvgIpc) is 3.46. The molecule has 0 unspecified atom stereocenters. The first kappa shape index (κ1) is 44.5. The summed E-state index contributed by atoms with van der Waals surface area (Å²) >= 11 is 12.6. The number of esters is 1. The Morgan fingerprint density at radius 1 is 1.09 bits per heavy atom. The lowest BCUT2D eigenvalue weighted by molar-refractivity contribution is -0.139. The van der Waals surface area contributed by atoms with Crippen molar-refractivity contribution in [3.8, 4) is 21.6 Å². The van der Waals surface area contributed by atoms with Crippen LogP contribution in [0.5, 0.6) is 0 Å². The number of halogens is 2. The van der Waals surface area contributed by atoms with Crippen LogP contribution in [0.4, 0.5) is 5.69 Å². The van der Waals surface area contributed by atoms with Gasteiger partial charge in [-0.05, 0) is 80.1 Å². The normalized spacial score (nSPS) is 10.8. The number of alkyl halides is 1. The smallest absolute Gasteiger partial charge is 0.309 e. The third-order valence-corrected chi connectivity index (χ3v) is 7.36. The molecule has 0 saturated heterocycles. The van der Waals surface area contributed by atoms with Crippen molar-refractivity contribution in [3.05, 3.63) is 107 Å². The predicted molar refractivity (Wildman–Crippen MR) is 201 cm³/mol. The second-order valence-electron chi connectivity index (χ2n) is 8.98. The van der Waals surface area contributed by atoms with Crippen LogP contribution in [0.2, 0.25) is 5.02 Å². The van der Waals surface area contributed by atoms with Crippen LogP contribution in [0, 0.1) is 6.92 Å². The van der Waals surface area contributed by atoms with Crippen LogP contribution < -0.4 is 5.32 Å². The Bertz CT molecular complexity index is 1400. The van der Waals surface area contributed by atoms with Crippen molar-refractivity contribution >= 4 is 52.9 Å². The molecule has 252 valence electrons. The molecule has 3 rings (SSSR count). The quantitative estimate of drug-likeness (QED) is 0.0751. The minimum Gasteiger partial charge on any atom is -0.469 e. The number of methoxy groups -OCH3 is 1. The minimum absolute atomic E-state index is 0.215. The minimum atomic E-state index is -0.279. The van der Waals surface area contributed by atoms with Crippen molar-refractivity contribution in [2.24, 2.45) is 0 Å². The Morgan fingerprint density at radius 2 is 1.65 bits per heavy atom. The van der Waals surface area contributed by atoms with E-state index in [1.54, 1.807) is 12.2 Å². The first-order chi connectivity index (χ1) is 22.1. The summed E-state index contributed by atoms with van der Waals surface area (Å²) < 4.78 is 14.0. The number of ether oxygens (including phenoxy) is 2. The van der Waals surface area contributed by atoms with Crippen LogP contribution >= 0.6 is 34.7 Å². The van der Waals surface area contributed by atoms with E-state index in [0.29, 0.717) is 11.5 Å². The molecule has 0 amide bonds. The number of hydrogen-bond acceptors (Lipinski definition) is 7. The number of aromatic nitrogens is 1. The highest BCUT2D eigenvalue weighted by Crippen LogP contribution is 2.36. The highest BCUT2D eigenvalue weighted by molar-refractivity contribution is 7.10. The molecule has 0 aliphatic rings. The van der Waals surface area contributed by atoms with Gasteiger partial charge in [0.15, 0.2) is 0 Å². The lowest BCUT2D eigenvalue weighted by Gasteiger charge is -2.14. The SMILES string of the molecule is C=C/C=C(\C(C)=C/C)[C@@H](C)OC=O.C=CC.CC.CCl.CNc1c(C)nsc1-c1ccc(-c2ccc(CC(=O)OC)cc2Cl)cc1. The number of hydrogen-bond donors (Lipinski definition) is 1. The molecule has 1 atom stereocenters. The third kappa shape index (κ3) is 15.1. The molecular weight excluding hydrogens is 639 g/mol. The molecule has 1 heterocycles. The lowest BCUT2D eigenvalue weighted by atomic mass is 10.0. The van der Waals surface area contributed by atoms with E-state index in [1.165, 1.54) is 25.0 Å². The van der Waals surface area contributed by atoms with Gasteiger partial charge < -0.3 is 14.8 Å². The molecular formula is C37H50Cl2N2O4S. The molecule has 46 heavy (non-hydrogen) atoms. The molecule has 9 heteroatoms. The summed E-state index contributed by atoms with van der Waals surface area (Å²) in [6, 6.07) is 13.9. The van der Waals surface area contributed by atoms with Gasteiger partial charge in [0.05, 0.1) is 29.8 Å². The molecule has 0 aliphatic carbocycles. The molecule has 6 nitrogen and oxygen atoms in total. The fourth-order valence-electron chi connectivity index (χ4n) is 3.84. The van der Waals surface area contributed by atoms with Gasteiger partial charge >= 0.3 is 5.97 Å². The van der Waals surface area contributed by atoms with E-state index in [0.717, 1.165) is 49.7 Å². The van der Waals surface area contributed by atoms with Gasteiger partial charge in [0.2, 0.25) is 0 Å². The molecule has 0 radical (unpaired) electrons. The zero-order valence-corrected chi connectivity index (χ0v) is 31.2. The van der Waals surface area contributed by atoms with Crippen LogP contribution in [-0.2, 0) is 25.5 Å². The summed E-state index contributed by atoms with van der Waals surface area (Å²) in [6.07, 6.45) is 8.73. The van der Waals surface area contributed by atoms with Crippen LogP contribution in [0.15, 0.2) is 91.1 Å². The number of nitrogens with zero attached hydrogens (tertiary/aromatic N) is 1. The molecule has 3 aromatic rings. The standard InChI is InChI=1S/C20H19ClN2O2S.C11H16O2.C3H6.C2H6.CH3Cl/c1-12-19(22-2)20(26-23-12)15-7-5-14(6-8-15)16-9-4-13(10-17(16)21)11-18(24)25-3;1-5-7-11(9(3)6-2)10(4)13-8-12;1-3-2;2*1-2/h4-10,22H,11H2,1-3H3;5-8,10H,1H2,2-4H3;3H,1H2,2H3;1-2H3;1H3/b;9-6-,11-7+;;;/t;10-;;;/m.1.../s1. The number of carbonyl (C=O) groups excluding carboxylic acids is 2. The summed E-state index contributed by atoms with van der Waals surface area (Å²) in [5.41, 5.74) is 8.03. The van der Waals surface area contributed by atoms with E-state index in [-0.39, 0.29) is 18.5 Å². The monoisotopic (exact) mass is 688 g/mol. The summed E-state index contributed by atoms with van der Waals surface area (Å²) in [7, 11) is 3.29. The van der Waals surface area contributed by atoms with E-state index >= 15 is 0 Å². The van der Waals surface area contributed by atoms with E-state index in [4.69, 9.17) is 21.1 Å². The van der Waals surface area contributed by atoms with Crippen molar-refractivity contribution in [2.75, 3.05) is 25.9 Å². The van der Waals surface area contributed by atoms with Crippen LogP contribution in [0.1, 0.15) is 52.8 Å². The van der Waals surface area contributed by atoms with Crippen molar-refractivity contribution in [2.45, 2.75) is 61.0 Å². The fraction of sp³-hybridized carbons (Fsp3) is 0.324. The number of rotatable bonds is 10. The zero-order valence-electron chi connectivity index (χ0n) is 28.9. The van der Waals surface area contributed by atoms with Crippen molar-refractivity contribution in [1.82, 2.24) is 4.37 Å². The number of carbonyl (C=O) groups is 2. The van der Waals surface area contributed by atoms with Crippen LogP contribution in [0.3, 0.4) is 0 Å². The molecule has 0 fully saturated rings. The maximum Gasteiger partial charge on any atom is 0.309 e. The van der Waals surface area contributed by atoms with Gasteiger partial charge in [0, 0.05) is 24.0 Å². The average molecular weight is 690 g/mol. The molecule has 1 aromatic heterocycles. The van der Waals surface area contributed by atoms with E-state index in [9.17, 15) is 9.59 Å². The van der Waals surface area contributed by atoms with Gasteiger partial charge in [-0.3, -0.25) is 9.59 Å². The van der Waals surface area contributed by atoms with Crippen molar-refractivity contribution in [3.63, 3.8) is 0 Å². The summed E-state index contributed by atoms with van der Waals surface area (Å²) in [5.74, 6) is -0.279. The number of nitrogens with one attached hydrogen (secondary N) is 1. The Kier molecular flexibility index (Phi) is 25.7. The molecule has 0 bridgehead atoms. The molecule has 0 spiro atoms. The molecule has 0 aliphatic heterocycles. The second kappa shape index (κ2) is 26.6. The van der Waals surface area contributed by atoms with Gasteiger partial charge in [-0.2, -0.15) is 4.37 Å². The molecule has 2 aromatic carbocycles. The Balaban J connectivity index is 0. The van der Waals surface area contributed by atoms with Gasteiger partial charge in [0.1, 0.15) is 6.10 Å². The summed E-state index contributed by atoms with van der Waals surface area (Å²) in [5, 5.41) is 3.83. The van der Waals surface area contributed by atoms with Crippen LogP contribution in [0.25, 0.3) is 21.6 Å². The van der Waals surface area contributed by atoms with E-state index in [2.05, 4.69) is 46.6 Å². The number of allylic oxidation sites excluding steroid dienone is 4. The van der Waals surface area contributed by atoms with Gasteiger partial charge in [-0.15, -0.1) is 18.2 Å². The van der Waals surface area contributed by atoms with Crippen LogP contribution in [-0.4, -0.2) is 43.5 Å². The van der Waals surface area contributed by atoms with Crippen molar-refractivity contribution < 1.29 is 19.1 Å². The first-order valence-electron chi connectivity index (χ1n) is 14.7. The number of anilines is 1. The molecule has 1 N–H and O–H groups in total. The van der Waals surface area contributed by atoms with Crippen molar-refractivity contribution in [1.29, 1.82) is 0 Å². The predicted octanol–water partition coefficient (Wildman–Crippen LogP) is 10.9. The second-order valence-corrected chi connectivity index (χ2v) is 10.2. The third-order valence-electron chi connectivity index (χ3n) is 6.06. The highest BCUT2D eigenvalue weighted by atomic mass is 35.5. The van der Waals surface area contributed by atoms with Gasteiger partial charge in [-0.1, -0.05) is 92.7 Å². The maximum atomic E-state index is 11.4. The fourth-order valence-corrected chi connectivity index (χ4v) is 5.06. The maximum absolute atomic E-state index is 11.4. The number of aryl methyl sites for hydroxylation is 1. The Hall–Kier alpha value is -3.65. The van der Waals surface area contributed by atoms with Gasteiger partial charge in [-0.25, -0.2) is 0 Å². The van der Waals surface area contributed by atoms with E-state index in [1.807, 2.05) is 98.0 Å². The Morgan fingerprint density at radius 3 is 2.11 bits per heavy atom. The molecule has 0 saturated carbocycles. The first-order valence-corrected chi connectivity index (χ1v) is 16.6. The largest absolute Gasteiger partial charge is 0.469 e. The number of benzene rings is 2. The zero-order chi connectivity index (χ0) is 35.7.